The minimum atomic E-state index is -3.47. The Balaban J connectivity index is 2.07. The average molecular weight is 354 g/mol. The molecule has 1 unspecified atom stereocenters. The van der Waals surface area contributed by atoms with E-state index in [4.69, 9.17) is 0 Å². The average Bonchev–Trinajstić information content (AvgIpc) is 2.46. The van der Waals surface area contributed by atoms with Crippen molar-refractivity contribution in [2.24, 2.45) is 0 Å². The zero-order valence-corrected chi connectivity index (χ0v) is 13.5. The molecule has 0 radical (unpaired) electrons. The molecule has 5 heteroatoms. The Kier molecular flexibility index (Phi) is 4.96. The first-order valence-electron chi connectivity index (χ1n) is 6.24. The van der Waals surface area contributed by atoms with E-state index in [1.54, 1.807) is 18.2 Å². The first-order valence-corrected chi connectivity index (χ1v) is 8.64. The Morgan fingerprint density at radius 3 is 2.45 bits per heavy atom. The van der Waals surface area contributed by atoms with E-state index in [-0.39, 0.29) is 4.83 Å². The summed E-state index contributed by atoms with van der Waals surface area (Å²) in [5, 5.41) is 0. The van der Waals surface area contributed by atoms with Crippen LogP contribution in [0.15, 0.2) is 59.5 Å². The summed E-state index contributed by atoms with van der Waals surface area (Å²) >= 11 is 3.50. The van der Waals surface area contributed by atoms with Crippen LogP contribution in [0.25, 0.3) is 0 Å². The van der Waals surface area contributed by atoms with E-state index < -0.39 is 10.0 Å². The van der Waals surface area contributed by atoms with Crippen LogP contribution in [0.5, 0.6) is 0 Å². The lowest BCUT2D eigenvalue weighted by atomic mass is 10.2. The highest BCUT2D eigenvalue weighted by Crippen LogP contribution is 2.22. The molecule has 0 heterocycles. The van der Waals surface area contributed by atoms with Gasteiger partial charge in [-0.25, -0.2) is 13.1 Å². The lowest BCUT2D eigenvalue weighted by molar-refractivity contribution is 0.581. The van der Waals surface area contributed by atoms with Gasteiger partial charge in [0.05, 0.1) is 9.72 Å². The maximum atomic E-state index is 12.2. The standard InChI is InChI=1S/C15H16BrNO2S/c1-12-6-5-9-14(10-12)20(18,19)17-11-15(16)13-7-3-2-4-8-13/h2-10,15,17H,11H2,1H3. The van der Waals surface area contributed by atoms with E-state index in [0.717, 1.165) is 11.1 Å². The summed E-state index contributed by atoms with van der Waals surface area (Å²) in [6.45, 7) is 2.18. The Morgan fingerprint density at radius 1 is 1.10 bits per heavy atom. The molecule has 2 rings (SSSR count). The molecule has 0 fully saturated rings. The number of alkyl halides is 1. The molecular weight excluding hydrogens is 338 g/mol. The molecule has 0 saturated carbocycles. The molecule has 0 saturated heterocycles. The monoisotopic (exact) mass is 353 g/mol. The van der Waals surface area contributed by atoms with E-state index >= 15 is 0 Å². The van der Waals surface area contributed by atoms with Gasteiger partial charge >= 0.3 is 0 Å². The van der Waals surface area contributed by atoms with Gasteiger partial charge < -0.3 is 0 Å². The molecule has 1 atom stereocenters. The van der Waals surface area contributed by atoms with Gasteiger partial charge in [0.15, 0.2) is 0 Å². The number of rotatable bonds is 5. The SMILES string of the molecule is Cc1cccc(S(=O)(=O)NCC(Br)c2ccccc2)c1. The molecule has 3 nitrogen and oxygen atoms in total. The topological polar surface area (TPSA) is 46.2 Å². The summed E-state index contributed by atoms with van der Waals surface area (Å²) in [5.74, 6) is 0. The van der Waals surface area contributed by atoms with Crippen molar-refractivity contribution in [3.8, 4) is 0 Å². The molecule has 106 valence electrons. The maximum absolute atomic E-state index is 12.2. The van der Waals surface area contributed by atoms with Crippen molar-refractivity contribution in [3.05, 3.63) is 65.7 Å². The Morgan fingerprint density at radius 2 is 1.80 bits per heavy atom. The van der Waals surface area contributed by atoms with E-state index in [1.807, 2.05) is 43.3 Å². The summed E-state index contributed by atoms with van der Waals surface area (Å²) < 4.78 is 27.0. The second kappa shape index (κ2) is 6.52. The smallest absolute Gasteiger partial charge is 0.210 e. The van der Waals surface area contributed by atoms with Gasteiger partial charge in [0.25, 0.3) is 0 Å². The fourth-order valence-corrected chi connectivity index (χ4v) is 3.66. The summed E-state index contributed by atoms with van der Waals surface area (Å²) in [6, 6.07) is 16.6. The third-order valence-corrected chi connectivity index (χ3v) is 5.19. The van der Waals surface area contributed by atoms with Gasteiger partial charge in [0, 0.05) is 6.54 Å². The lowest BCUT2D eigenvalue weighted by Crippen LogP contribution is -2.27. The molecule has 1 N–H and O–H groups in total. The second-order valence-corrected chi connectivity index (χ2v) is 7.42. The molecule has 0 aliphatic rings. The fourth-order valence-electron chi connectivity index (χ4n) is 1.83. The summed E-state index contributed by atoms with van der Waals surface area (Å²) in [7, 11) is -3.47. The molecule has 0 spiro atoms. The van der Waals surface area contributed by atoms with Crippen LogP contribution >= 0.6 is 15.9 Å². The van der Waals surface area contributed by atoms with Crippen LogP contribution in [0, 0.1) is 6.92 Å². The number of halogens is 1. The zero-order chi connectivity index (χ0) is 14.6. The van der Waals surface area contributed by atoms with Gasteiger partial charge in [-0.05, 0) is 30.2 Å². The second-order valence-electron chi connectivity index (χ2n) is 4.55. The minimum Gasteiger partial charge on any atom is -0.210 e. The van der Waals surface area contributed by atoms with Crippen LogP contribution in [0.4, 0.5) is 0 Å². The highest BCUT2D eigenvalue weighted by Gasteiger charge is 2.16. The van der Waals surface area contributed by atoms with Gasteiger partial charge in [-0.3, -0.25) is 0 Å². The third-order valence-electron chi connectivity index (χ3n) is 2.91. The van der Waals surface area contributed by atoms with E-state index in [1.165, 1.54) is 0 Å². The van der Waals surface area contributed by atoms with Crippen molar-refractivity contribution in [2.45, 2.75) is 16.6 Å². The number of benzene rings is 2. The predicted molar refractivity (Wildman–Crippen MR) is 84.5 cm³/mol. The van der Waals surface area contributed by atoms with E-state index in [9.17, 15) is 8.42 Å². The Hall–Kier alpha value is -1.17. The number of hydrogen-bond acceptors (Lipinski definition) is 2. The highest BCUT2D eigenvalue weighted by atomic mass is 79.9. The molecule has 0 bridgehead atoms. The third kappa shape index (κ3) is 3.91. The predicted octanol–water partition coefficient (Wildman–Crippen LogP) is 3.41. The van der Waals surface area contributed by atoms with Crippen molar-refractivity contribution in [3.63, 3.8) is 0 Å². The van der Waals surface area contributed by atoms with Crippen LogP contribution in [-0.4, -0.2) is 15.0 Å². The minimum absolute atomic E-state index is 0.0525. The largest absolute Gasteiger partial charge is 0.240 e. The number of nitrogens with one attached hydrogen (secondary N) is 1. The van der Waals surface area contributed by atoms with Gasteiger partial charge in [-0.2, -0.15) is 0 Å². The van der Waals surface area contributed by atoms with E-state index in [2.05, 4.69) is 20.7 Å². The van der Waals surface area contributed by atoms with Crippen molar-refractivity contribution in [1.29, 1.82) is 0 Å². The quantitative estimate of drug-likeness (QED) is 0.837. The Bertz CT molecular complexity index is 671. The van der Waals surface area contributed by atoms with Crippen LogP contribution in [0.2, 0.25) is 0 Å². The van der Waals surface area contributed by atoms with Crippen molar-refractivity contribution < 1.29 is 8.42 Å². The summed E-state index contributed by atoms with van der Waals surface area (Å²) in [6.07, 6.45) is 0. The molecule has 0 aliphatic carbocycles. The normalized spacial score (nSPS) is 13.1. The summed E-state index contributed by atoms with van der Waals surface area (Å²) in [5.41, 5.74) is 1.96. The van der Waals surface area contributed by atoms with E-state index in [0.29, 0.717) is 11.4 Å². The van der Waals surface area contributed by atoms with Crippen LogP contribution in [-0.2, 0) is 10.0 Å². The zero-order valence-electron chi connectivity index (χ0n) is 11.1. The molecule has 0 amide bonds. The van der Waals surface area contributed by atoms with Gasteiger partial charge in [0.2, 0.25) is 10.0 Å². The fraction of sp³-hybridized carbons (Fsp3) is 0.200. The molecule has 0 aromatic heterocycles. The molecule has 2 aromatic rings. The van der Waals surface area contributed by atoms with Gasteiger partial charge in [-0.15, -0.1) is 0 Å². The Labute approximate surface area is 128 Å². The molecule has 20 heavy (non-hydrogen) atoms. The molecule has 0 aliphatic heterocycles. The maximum Gasteiger partial charge on any atom is 0.240 e. The van der Waals surface area contributed by atoms with Gasteiger partial charge in [-0.1, -0.05) is 58.4 Å². The molecule has 2 aromatic carbocycles. The van der Waals surface area contributed by atoms with Crippen molar-refractivity contribution in [2.75, 3.05) is 6.54 Å². The van der Waals surface area contributed by atoms with Crippen molar-refractivity contribution in [1.82, 2.24) is 4.72 Å². The number of aryl methyl sites for hydroxylation is 1. The lowest BCUT2D eigenvalue weighted by Gasteiger charge is -2.12. The van der Waals surface area contributed by atoms with Crippen LogP contribution < -0.4 is 4.72 Å². The molecular formula is C15H16BrNO2S. The van der Waals surface area contributed by atoms with Crippen LogP contribution in [0.3, 0.4) is 0 Å². The van der Waals surface area contributed by atoms with Crippen LogP contribution in [0.1, 0.15) is 16.0 Å². The first-order chi connectivity index (χ1) is 9.49. The van der Waals surface area contributed by atoms with Gasteiger partial charge in [0.1, 0.15) is 0 Å². The van der Waals surface area contributed by atoms with Crippen molar-refractivity contribution >= 4 is 26.0 Å². The first kappa shape index (κ1) is 15.2. The number of sulfonamides is 1. The highest BCUT2D eigenvalue weighted by molar-refractivity contribution is 9.09. The number of hydrogen-bond donors (Lipinski definition) is 1. The summed E-state index contributed by atoms with van der Waals surface area (Å²) in [4.78, 5) is 0.244.